The van der Waals surface area contributed by atoms with Gasteiger partial charge in [-0.1, -0.05) is 12.1 Å². The van der Waals surface area contributed by atoms with Crippen LogP contribution in [0, 0.1) is 6.92 Å². The molecule has 0 atom stereocenters. The van der Waals surface area contributed by atoms with Gasteiger partial charge in [0.15, 0.2) is 4.80 Å². The van der Waals surface area contributed by atoms with E-state index in [0.717, 1.165) is 26.4 Å². The minimum atomic E-state index is -0.257. The molecule has 0 N–H and O–H groups in total. The molecule has 0 radical (unpaired) electrons. The van der Waals surface area contributed by atoms with E-state index in [1.54, 1.807) is 6.07 Å². The third-order valence-electron chi connectivity index (χ3n) is 3.94. The number of hydrogen-bond acceptors (Lipinski definition) is 3. The maximum Gasteiger partial charge on any atom is 0.280 e. The van der Waals surface area contributed by atoms with Gasteiger partial charge in [-0.2, -0.15) is 4.99 Å². The number of aromatic nitrogens is 1. The summed E-state index contributed by atoms with van der Waals surface area (Å²) in [6.45, 7) is 4.65. The van der Waals surface area contributed by atoms with Crippen molar-refractivity contribution < 1.29 is 9.53 Å². The van der Waals surface area contributed by atoms with E-state index < -0.39 is 0 Å². The van der Waals surface area contributed by atoms with Gasteiger partial charge < -0.3 is 9.30 Å². The van der Waals surface area contributed by atoms with Gasteiger partial charge in [-0.3, -0.25) is 4.79 Å². The second kappa shape index (κ2) is 8.01. The Bertz CT molecular complexity index is 1000. The number of carbonyl (C=O) groups is 1. The van der Waals surface area contributed by atoms with E-state index in [9.17, 15) is 4.79 Å². The molecule has 6 heteroatoms. The van der Waals surface area contributed by atoms with Crippen molar-refractivity contribution in [2.45, 2.75) is 13.8 Å². The van der Waals surface area contributed by atoms with Gasteiger partial charge in [0.05, 0.1) is 17.9 Å². The first kappa shape index (κ1) is 18.6. The lowest BCUT2D eigenvalue weighted by Gasteiger charge is -2.07. The second-order valence-corrected chi connectivity index (χ2v) is 7.74. The molecule has 1 heterocycles. The molecule has 3 aromatic rings. The highest BCUT2D eigenvalue weighted by Crippen LogP contribution is 2.26. The van der Waals surface area contributed by atoms with Crippen LogP contribution >= 0.6 is 27.3 Å². The molecule has 0 aliphatic heterocycles. The summed E-state index contributed by atoms with van der Waals surface area (Å²) >= 11 is 4.92. The topological polar surface area (TPSA) is 43.6 Å². The quantitative estimate of drug-likeness (QED) is 0.586. The number of carbonyl (C=O) groups excluding carboxylic acids is 1. The van der Waals surface area contributed by atoms with Crippen LogP contribution in [0.1, 0.15) is 22.2 Å². The summed E-state index contributed by atoms with van der Waals surface area (Å²) in [5.41, 5.74) is 2.68. The van der Waals surface area contributed by atoms with Crippen LogP contribution in [0.4, 0.5) is 0 Å². The van der Waals surface area contributed by atoms with Gasteiger partial charge in [0.2, 0.25) is 0 Å². The Morgan fingerprint density at radius 3 is 2.54 bits per heavy atom. The lowest BCUT2D eigenvalue weighted by molar-refractivity contribution is 0.0997. The molecule has 0 saturated carbocycles. The predicted octanol–water partition coefficient (Wildman–Crippen LogP) is 4.96. The van der Waals surface area contributed by atoms with Crippen molar-refractivity contribution in [3.8, 4) is 17.0 Å². The van der Waals surface area contributed by atoms with Gasteiger partial charge in [-0.25, -0.2) is 0 Å². The molecule has 0 spiro atoms. The highest BCUT2D eigenvalue weighted by Gasteiger charge is 2.13. The summed E-state index contributed by atoms with van der Waals surface area (Å²) in [5.74, 6) is 0.591. The molecule has 0 aliphatic carbocycles. The minimum absolute atomic E-state index is 0.257. The summed E-state index contributed by atoms with van der Waals surface area (Å²) in [6, 6.07) is 15.3. The van der Waals surface area contributed by atoms with E-state index in [4.69, 9.17) is 4.74 Å². The number of amides is 1. The molecule has 1 amide bonds. The normalized spacial score (nSPS) is 11.6. The number of nitrogens with zero attached hydrogens (tertiary/aromatic N) is 2. The Labute approximate surface area is 164 Å². The first-order valence-electron chi connectivity index (χ1n) is 8.24. The molecule has 2 aromatic carbocycles. The largest absolute Gasteiger partial charge is 0.494 e. The zero-order valence-electron chi connectivity index (χ0n) is 14.8. The number of hydrogen-bond donors (Lipinski definition) is 0. The number of aryl methyl sites for hydroxylation is 1. The average Bonchev–Trinajstić information content (AvgIpc) is 2.90. The third-order valence-corrected chi connectivity index (χ3v) is 5.68. The monoisotopic (exact) mass is 430 g/mol. The van der Waals surface area contributed by atoms with Crippen LogP contribution in [0.25, 0.3) is 11.3 Å². The average molecular weight is 431 g/mol. The first-order valence-corrected chi connectivity index (χ1v) is 9.85. The van der Waals surface area contributed by atoms with E-state index in [0.29, 0.717) is 17.0 Å². The third kappa shape index (κ3) is 3.81. The highest BCUT2D eigenvalue weighted by molar-refractivity contribution is 9.10. The summed E-state index contributed by atoms with van der Waals surface area (Å²) in [4.78, 5) is 18.7. The summed E-state index contributed by atoms with van der Waals surface area (Å²) in [7, 11) is 1.93. The fourth-order valence-corrected chi connectivity index (χ4v) is 4.17. The maximum atomic E-state index is 12.5. The van der Waals surface area contributed by atoms with Crippen LogP contribution < -0.4 is 9.54 Å². The van der Waals surface area contributed by atoms with Crippen LogP contribution in [0.3, 0.4) is 0 Å². The molecule has 0 unspecified atom stereocenters. The Morgan fingerprint density at radius 1 is 1.19 bits per heavy atom. The summed E-state index contributed by atoms with van der Waals surface area (Å²) in [6.07, 6.45) is 0. The summed E-state index contributed by atoms with van der Waals surface area (Å²) < 4.78 is 8.21. The second-order valence-electron chi connectivity index (χ2n) is 5.70. The van der Waals surface area contributed by atoms with Gasteiger partial charge in [0.25, 0.3) is 5.91 Å². The lowest BCUT2D eigenvalue weighted by atomic mass is 10.1. The van der Waals surface area contributed by atoms with E-state index >= 15 is 0 Å². The molecule has 1 aromatic heterocycles. The van der Waals surface area contributed by atoms with Crippen molar-refractivity contribution >= 4 is 33.2 Å². The van der Waals surface area contributed by atoms with Crippen LogP contribution in [0.15, 0.2) is 58.0 Å². The van der Waals surface area contributed by atoms with Crippen molar-refractivity contribution in [1.29, 1.82) is 0 Å². The van der Waals surface area contributed by atoms with Crippen LogP contribution in [-0.4, -0.2) is 17.1 Å². The van der Waals surface area contributed by atoms with Crippen molar-refractivity contribution in [2.24, 2.45) is 12.0 Å². The Hall–Kier alpha value is -2.18. The van der Waals surface area contributed by atoms with Crippen LogP contribution in [-0.2, 0) is 7.05 Å². The lowest BCUT2D eigenvalue weighted by Crippen LogP contribution is -2.14. The Kier molecular flexibility index (Phi) is 5.74. The summed E-state index contributed by atoms with van der Waals surface area (Å²) in [5, 5.41) is 0. The van der Waals surface area contributed by atoms with E-state index in [2.05, 4.69) is 20.9 Å². The molecule has 3 rings (SSSR count). The number of rotatable bonds is 4. The molecule has 0 aliphatic rings. The van der Waals surface area contributed by atoms with Gasteiger partial charge in [0.1, 0.15) is 5.75 Å². The van der Waals surface area contributed by atoms with Gasteiger partial charge in [-0.05, 0) is 71.7 Å². The van der Waals surface area contributed by atoms with Gasteiger partial charge >= 0.3 is 0 Å². The SMILES string of the molecule is CCOc1ccc(-c2c(C)sc(=NC(=O)c3ccccc3Br)n2C)cc1. The Morgan fingerprint density at radius 2 is 1.88 bits per heavy atom. The van der Waals surface area contributed by atoms with Crippen LogP contribution in [0.5, 0.6) is 5.75 Å². The fourth-order valence-electron chi connectivity index (χ4n) is 2.74. The zero-order valence-corrected chi connectivity index (χ0v) is 17.2. The number of ether oxygens (including phenoxy) is 1. The molecular formula is C20H19BrN2O2S. The fraction of sp³-hybridized carbons (Fsp3) is 0.200. The van der Waals surface area contributed by atoms with Crippen molar-refractivity contribution in [2.75, 3.05) is 6.61 Å². The number of halogens is 1. The zero-order chi connectivity index (χ0) is 18.7. The van der Waals surface area contributed by atoms with Crippen molar-refractivity contribution in [3.05, 3.63) is 68.2 Å². The van der Waals surface area contributed by atoms with Gasteiger partial charge in [0, 0.05) is 16.4 Å². The van der Waals surface area contributed by atoms with E-state index in [1.165, 1.54) is 11.3 Å². The minimum Gasteiger partial charge on any atom is -0.494 e. The van der Waals surface area contributed by atoms with Gasteiger partial charge in [-0.15, -0.1) is 11.3 Å². The number of thiazole rings is 1. The molecule has 0 fully saturated rings. The first-order chi connectivity index (χ1) is 12.5. The standard InChI is InChI=1S/C20H19BrN2O2S/c1-4-25-15-11-9-14(10-12-15)18-13(2)26-20(23(18)3)22-19(24)16-7-5-6-8-17(16)21/h5-12H,4H2,1-3H3. The maximum absolute atomic E-state index is 12.5. The van der Waals surface area contributed by atoms with E-state index in [1.807, 2.05) is 67.9 Å². The predicted molar refractivity (Wildman–Crippen MR) is 109 cm³/mol. The van der Waals surface area contributed by atoms with Crippen molar-refractivity contribution in [1.82, 2.24) is 4.57 Å². The highest BCUT2D eigenvalue weighted by atomic mass is 79.9. The van der Waals surface area contributed by atoms with Crippen LogP contribution in [0.2, 0.25) is 0 Å². The smallest absolute Gasteiger partial charge is 0.280 e. The molecule has 4 nitrogen and oxygen atoms in total. The van der Waals surface area contributed by atoms with E-state index in [-0.39, 0.29) is 5.91 Å². The molecule has 0 saturated heterocycles. The Balaban J connectivity index is 2.00. The van der Waals surface area contributed by atoms with Crippen molar-refractivity contribution in [3.63, 3.8) is 0 Å². The molecular weight excluding hydrogens is 412 g/mol. The molecule has 26 heavy (non-hydrogen) atoms. The molecule has 0 bridgehead atoms. The number of benzene rings is 2. The molecule has 134 valence electrons.